The van der Waals surface area contributed by atoms with Crippen molar-refractivity contribution < 1.29 is 27.9 Å². The highest BCUT2D eigenvalue weighted by atomic mass is 19.3. The summed E-state index contributed by atoms with van der Waals surface area (Å²) < 4.78 is 33.2. The summed E-state index contributed by atoms with van der Waals surface area (Å²) in [6.45, 7) is 2.90. The number of ether oxygens (including phenoxy) is 1. The molecule has 1 aromatic rings. The van der Waals surface area contributed by atoms with Gasteiger partial charge in [-0.3, -0.25) is 24.6 Å². The Morgan fingerprint density at radius 2 is 1.88 bits per heavy atom. The van der Waals surface area contributed by atoms with Crippen LogP contribution in [0.5, 0.6) is 5.75 Å². The van der Waals surface area contributed by atoms with E-state index in [1.807, 2.05) is 6.07 Å². The minimum atomic E-state index is -2.49. The van der Waals surface area contributed by atoms with Gasteiger partial charge in [-0.05, 0) is 68.3 Å². The van der Waals surface area contributed by atoms with Crippen molar-refractivity contribution in [3.05, 3.63) is 29.3 Å². The number of carbonyl (C=O) groups is 3. The number of rotatable bonds is 5. The van der Waals surface area contributed by atoms with Crippen LogP contribution in [0.1, 0.15) is 67.3 Å². The van der Waals surface area contributed by atoms with Crippen molar-refractivity contribution in [2.24, 2.45) is 5.92 Å². The van der Waals surface area contributed by atoms with Crippen molar-refractivity contribution in [2.45, 2.75) is 76.0 Å². The zero-order valence-electron chi connectivity index (χ0n) is 19.2. The summed E-state index contributed by atoms with van der Waals surface area (Å²) in [6, 6.07) is 4.80. The molecular formula is C25H31F2N3O4. The molecule has 3 heterocycles. The molecule has 0 aromatic heterocycles. The molecule has 5 rings (SSSR count). The van der Waals surface area contributed by atoms with Crippen LogP contribution in [0.15, 0.2) is 18.2 Å². The lowest BCUT2D eigenvalue weighted by Gasteiger charge is -2.37. The van der Waals surface area contributed by atoms with Gasteiger partial charge in [0.2, 0.25) is 17.7 Å². The van der Waals surface area contributed by atoms with Gasteiger partial charge in [-0.15, -0.1) is 0 Å². The molecule has 1 aromatic carbocycles. The lowest BCUT2D eigenvalue weighted by atomic mass is 9.86. The summed E-state index contributed by atoms with van der Waals surface area (Å²) in [7, 11) is 0. The van der Waals surface area contributed by atoms with E-state index in [0.717, 1.165) is 38.0 Å². The van der Waals surface area contributed by atoms with Gasteiger partial charge < -0.3 is 9.64 Å². The number of alkyl halides is 2. The predicted octanol–water partition coefficient (Wildman–Crippen LogP) is 3.12. The lowest BCUT2D eigenvalue weighted by Crippen LogP contribution is -2.52. The molecule has 4 aliphatic rings. The monoisotopic (exact) mass is 475 g/mol. The van der Waals surface area contributed by atoms with E-state index in [2.05, 4.69) is 10.2 Å². The summed E-state index contributed by atoms with van der Waals surface area (Å²) in [5, 5.41) is 2.32. The Morgan fingerprint density at radius 3 is 2.65 bits per heavy atom. The summed E-state index contributed by atoms with van der Waals surface area (Å²) in [5.41, 5.74) is 1.39. The van der Waals surface area contributed by atoms with Crippen LogP contribution in [-0.4, -0.2) is 65.2 Å². The van der Waals surface area contributed by atoms with Crippen molar-refractivity contribution >= 4 is 17.7 Å². The number of likely N-dealkylation sites (tertiary alicyclic amines) is 1. The average Bonchev–Trinajstić information content (AvgIpc) is 3.11. The molecule has 3 amide bonds. The van der Waals surface area contributed by atoms with Gasteiger partial charge in [0.1, 0.15) is 17.9 Å². The minimum absolute atomic E-state index is 0.00484. The Kier molecular flexibility index (Phi) is 6.31. The van der Waals surface area contributed by atoms with Crippen molar-refractivity contribution in [2.75, 3.05) is 19.6 Å². The Balaban J connectivity index is 1.18. The van der Waals surface area contributed by atoms with Gasteiger partial charge >= 0.3 is 0 Å². The first-order valence-electron chi connectivity index (χ1n) is 12.3. The largest absolute Gasteiger partial charge is 0.489 e. The third kappa shape index (κ3) is 4.94. The van der Waals surface area contributed by atoms with Gasteiger partial charge in [0.25, 0.3) is 5.91 Å². The van der Waals surface area contributed by atoms with E-state index in [1.54, 1.807) is 12.1 Å². The number of carbonyl (C=O) groups excluding carboxylic acids is 3. The first kappa shape index (κ1) is 23.2. The van der Waals surface area contributed by atoms with Crippen LogP contribution >= 0.6 is 0 Å². The fraction of sp³-hybridized carbons (Fsp3) is 0.640. The molecule has 34 heavy (non-hydrogen) atoms. The smallest absolute Gasteiger partial charge is 0.255 e. The molecule has 7 nitrogen and oxygen atoms in total. The van der Waals surface area contributed by atoms with Gasteiger partial charge in [0.05, 0.1) is 0 Å². The maximum atomic E-state index is 13.5. The molecule has 2 atom stereocenters. The van der Waals surface area contributed by atoms with Crippen molar-refractivity contribution in [3.63, 3.8) is 0 Å². The Bertz CT molecular complexity index is 975. The number of benzene rings is 1. The van der Waals surface area contributed by atoms with E-state index in [0.29, 0.717) is 43.0 Å². The molecule has 2 saturated heterocycles. The average molecular weight is 476 g/mol. The summed E-state index contributed by atoms with van der Waals surface area (Å²) in [4.78, 5) is 40.4. The fourth-order valence-corrected chi connectivity index (χ4v) is 5.74. The van der Waals surface area contributed by atoms with E-state index in [1.165, 1.54) is 4.90 Å². The third-order valence-corrected chi connectivity index (χ3v) is 7.61. The number of halogens is 2. The van der Waals surface area contributed by atoms with Crippen LogP contribution in [0.2, 0.25) is 0 Å². The number of fused-ring (bicyclic) bond motifs is 1. The van der Waals surface area contributed by atoms with Crippen LogP contribution in [0.3, 0.4) is 0 Å². The van der Waals surface area contributed by atoms with Crippen LogP contribution in [-0.2, 0) is 16.1 Å². The second kappa shape index (κ2) is 9.24. The zero-order valence-corrected chi connectivity index (χ0v) is 19.2. The van der Waals surface area contributed by atoms with Crippen LogP contribution in [0.25, 0.3) is 0 Å². The first-order chi connectivity index (χ1) is 16.3. The molecule has 1 N–H and O–H groups in total. The van der Waals surface area contributed by atoms with Gasteiger partial charge in [0, 0.05) is 44.5 Å². The molecule has 1 unspecified atom stereocenters. The highest BCUT2D eigenvalue weighted by Gasteiger charge is 2.39. The minimum Gasteiger partial charge on any atom is -0.489 e. The summed E-state index contributed by atoms with van der Waals surface area (Å²) in [5.74, 6) is -2.39. The van der Waals surface area contributed by atoms with Gasteiger partial charge in [-0.25, -0.2) is 8.78 Å². The maximum absolute atomic E-state index is 13.5. The molecule has 3 aliphatic heterocycles. The van der Waals surface area contributed by atoms with Gasteiger partial charge in [-0.2, -0.15) is 0 Å². The molecule has 9 heteroatoms. The van der Waals surface area contributed by atoms with Crippen LogP contribution in [0, 0.1) is 5.92 Å². The Morgan fingerprint density at radius 1 is 1.09 bits per heavy atom. The van der Waals surface area contributed by atoms with E-state index >= 15 is 0 Å². The van der Waals surface area contributed by atoms with E-state index in [-0.39, 0.29) is 37.2 Å². The SMILES string of the molecule is O=C1CCC(N2Cc3cc(O[C@@H]4CCCN(CC5CCC(F)(F)CC5)C4)ccc3C2=O)C(=O)N1. The number of hydrogen-bond donors (Lipinski definition) is 1. The predicted molar refractivity (Wildman–Crippen MR) is 119 cm³/mol. The number of imide groups is 1. The highest BCUT2D eigenvalue weighted by molar-refractivity contribution is 6.05. The summed E-state index contributed by atoms with van der Waals surface area (Å²) in [6.07, 6.45) is 3.66. The molecular weight excluding hydrogens is 444 g/mol. The third-order valence-electron chi connectivity index (χ3n) is 7.61. The number of nitrogens with one attached hydrogen (secondary N) is 1. The van der Waals surface area contributed by atoms with Gasteiger partial charge in [0.15, 0.2) is 0 Å². The summed E-state index contributed by atoms with van der Waals surface area (Å²) >= 11 is 0. The van der Waals surface area contributed by atoms with E-state index < -0.39 is 17.9 Å². The molecule has 0 bridgehead atoms. The molecule has 1 saturated carbocycles. The number of nitrogens with zero attached hydrogens (tertiary/aromatic N) is 2. The molecule has 184 valence electrons. The van der Waals surface area contributed by atoms with Gasteiger partial charge in [-0.1, -0.05) is 0 Å². The van der Waals surface area contributed by atoms with E-state index in [4.69, 9.17) is 4.74 Å². The molecule has 0 radical (unpaired) electrons. The van der Waals surface area contributed by atoms with Crippen molar-refractivity contribution in [1.29, 1.82) is 0 Å². The standard InChI is InChI=1S/C25H31F2N3O4/c26-25(27)9-7-16(8-10-25)13-29-11-1-2-19(15-29)34-18-3-4-20-17(12-18)14-30(24(20)33)21-5-6-22(31)28-23(21)32/h3-4,12,16,19,21H,1-2,5-11,13-15H2,(H,28,31,32)/t19-,21?/m1/s1. The fourth-order valence-electron chi connectivity index (χ4n) is 5.74. The lowest BCUT2D eigenvalue weighted by molar-refractivity contribution is -0.136. The van der Waals surface area contributed by atoms with Crippen molar-refractivity contribution in [3.8, 4) is 5.75 Å². The topological polar surface area (TPSA) is 79.0 Å². The Hall–Kier alpha value is -2.55. The maximum Gasteiger partial charge on any atom is 0.255 e. The second-order valence-electron chi connectivity index (χ2n) is 10.2. The van der Waals surface area contributed by atoms with Crippen molar-refractivity contribution in [1.82, 2.24) is 15.1 Å². The van der Waals surface area contributed by atoms with Crippen LogP contribution < -0.4 is 10.1 Å². The normalized spacial score (nSPS) is 28.1. The number of piperidine rings is 2. The second-order valence-corrected chi connectivity index (χ2v) is 10.2. The molecule has 1 aliphatic carbocycles. The number of hydrogen-bond acceptors (Lipinski definition) is 5. The molecule has 0 spiro atoms. The van der Waals surface area contributed by atoms with E-state index in [9.17, 15) is 23.2 Å². The quantitative estimate of drug-likeness (QED) is 0.662. The number of amides is 3. The Labute approximate surface area is 197 Å². The molecule has 3 fully saturated rings. The van der Waals surface area contributed by atoms with Crippen LogP contribution in [0.4, 0.5) is 8.78 Å². The highest BCUT2D eigenvalue weighted by Crippen LogP contribution is 2.37. The zero-order chi connectivity index (χ0) is 23.9. The first-order valence-corrected chi connectivity index (χ1v) is 12.3.